The van der Waals surface area contributed by atoms with Crippen LogP contribution in [0.15, 0.2) is 36.4 Å². The highest BCUT2D eigenvalue weighted by molar-refractivity contribution is 5.68. The number of hydrogen-bond acceptors (Lipinski definition) is 1. The first kappa shape index (κ1) is 14.7. The van der Waals surface area contributed by atoms with Crippen molar-refractivity contribution in [3.63, 3.8) is 0 Å². The summed E-state index contributed by atoms with van der Waals surface area (Å²) in [6.07, 6.45) is 1.08. The van der Waals surface area contributed by atoms with Crippen LogP contribution in [0.3, 0.4) is 0 Å². The van der Waals surface area contributed by atoms with Gasteiger partial charge in [-0.1, -0.05) is 31.2 Å². The van der Waals surface area contributed by atoms with E-state index in [-0.39, 0.29) is 5.82 Å². The summed E-state index contributed by atoms with van der Waals surface area (Å²) in [7, 11) is 0. The number of hydrogen-bond donors (Lipinski definition) is 1. The molecule has 0 bridgehead atoms. The second kappa shape index (κ2) is 6.67. The lowest BCUT2D eigenvalue weighted by Gasteiger charge is -2.12. The van der Waals surface area contributed by atoms with Crippen LogP contribution in [-0.2, 0) is 6.54 Å². The van der Waals surface area contributed by atoms with Crippen LogP contribution in [0.2, 0.25) is 0 Å². The summed E-state index contributed by atoms with van der Waals surface area (Å²) in [5.74, 6) is -0.175. The largest absolute Gasteiger partial charge is 0.313 e. The van der Waals surface area contributed by atoms with Gasteiger partial charge < -0.3 is 5.32 Å². The Kier molecular flexibility index (Phi) is 4.91. The van der Waals surface area contributed by atoms with Crippen molar-refractivity contribution in [1.82, 2.24) is 5.32 Å². The van der Waals surface area contributed by atoms with Crippen LogP contribution >= 0.6 is 0 Å². The molecule has 0 aliphatic heterocycles. The fourth-order valence-corrected chi connectivity index (χ4v) is 2.30. The van der Waals surface area contributed by atoms with Gasteiger partial charge in [0.15, 0.2) is 0 Å². The summed E-state index contributed by atoms with van der Waals surface area (Å²) in [6.45, 7) is 7.99. The van der Waals surface area contributed by atoms with Gasteiger partial charge in [-0.2, -0.15) is 0 Å². The van der Waals surface area contributed by atoms with Gasteiger partial charge in [-0.25, -0.2) is 4.39 Å². The summed E-state index contributed by atoms with van der Waals surface area (Å²) >= 11 is 0. The Hall–Kier alpha value is -1.67. The highest BCUT2D eigenvalue weighted by Crippen LogP contribution is 2.26. The number of nitrogens with one attached hydrogen (secondary N) is 1. The van der Waals surface area contributed by atoms with Crippen LogP contribution in [0.1, 0.15) is 30.0 Å². The molecule has 0 amide bonds. The molecule has 2 heteroatoms. The van der Waals surface area contributed by atoms with Crippen molar-refractivity contribution >= 4 is 0 Å². The maximum absolute atomic E-state index is 13.5. The number of rotatable bonds is 5. The van der Waals surface area contributed by atoms with Crippen LogP contribution < -0.4 is 5.32 Å². The third kappa shape index (κ3) is 3.45. The van der Waals surface area contributed by atoms with E-state index in [1.54, 1.807) is 6.07 Å². The molecule has 2 aromatic carbocycles. The number of aryl methyl sites for hydroxylation is 2. The standard InChI is InChI=1S/C18H22FN/c1-4-9-20-12-16-11-17(19)7-8-18(16)15-6-5-13(2)14(3)10-15/h5-8,10-11,20H,4,9,12H2,1-3H3. The maximum Gasteiger partial charge on any atom is 0.123 e. The number of benzene rings is 2. The molecule has 20 heavy (non-hydrogen) atoms. The van der Waals surface area contributed by atoms with Gasteiger partial charge in [0, 0.05) is 6.54 Å². The molecule has 0 unspecified atom stereocenters. The summed E-state index contributed by atoms with van der Waals surface area (Å²) in [5, 5.41) is 3.35. The van der Waals surface area contributed by atoms with Gasteiger partial charge in [-0.05, 0) is 66.8 Å². The van der Waals surface area contributed by atoms with Crippen LogP contribution in [0.5, 0.6) is 0 Å². The first-order chi connectivity index (χ1) is 9.61. The Morgan fingerprint density at radius 2 is 1.80 bits per heavy atom. The monoisotopic (exact) mass is 271 g/mol. The Morgan fingerprint density at radius 3 is 2.50 bits per heavy atom. The van der Waals surface area contributed by atoms with Crippen molar-refractivity contribution in [2.45, 2.75) is 33.7 Å². The summed E-state index contributed by atoms with van der Waals surface area (Å²) < 4.78 is 13.5. The van der Waals surface area contributed by atoms with E-state index >= 15 is 0 Å². The van der Waals surface area contributed by atoms with Crippen LogP contribution in [-0.4, -0.2) is 6.54 Å². The summed E-state index contributed by atoms with van der Waals surface area (Å²) in [6, 6.07) is 11.4. The topological polar surface area (TPSA) is 12.0 Å². The molecule has 0 aliphatic rings. The highest BCUT2D eigenvalue weighted by atomic mass is 19.1. The van der Waals surface area contributed by atoms with Crippen molar-refractivity contribution in [3.05, 3.63) is 58.9 Å². The second-order valence-electron chi connectivity index (χ2n) is 5.28. The molecule has 0 saturated heterocycles. The maximum atomic E-state index is 13.5. The van der Waals surface area contributed by atoms with E-state index in [1.807, 2.05) is 6.07 Å². The Balaban J connectivity index is 2.36. The highest BCUT2D eigenvalue weighted by Gasteiger charge is 2.07. The summed E-state index contributed by atoms with van der Waals surface area (Å²) in [4.78, 5) is 0. The van der Waals surface area contributed by atoms with E-state index in [0.29, 0.717) is 6.54 Å². The molecule has 0 fully saturated rings. The van der Waals surface area contributed by atoms with Gasteiger partial charge in [0.1, 0.15) is 5.82 Å². The Morgan fingerprint density at radius 1 is 1.00 bits per heavy atom. The number of halogens is 1. The molecule has 0 spiro atoms. The zero-order valence-corrected chi connectivity index (χ0v) is 12.5. The van der Waals surface area contributed by atoms with Crippen molar-refractivity contribution in [3.8, 4) is 11.1 Å². The zero-order valence-electron chi connectivity index (χ0n) is 12.5. The molecule has 0 saturated carbocycles. The molecule has 0 heterocycles. The Labute approximate surface area is 120 Å². The van der Waals surface area contributed by atoms with Gasteiger partial charge in [-0.15, -0.1) is 0 Å². The lowest BCUT2D eigenvalue weighted by atomic mass is 9.96. The smallest absolute Gasteiger partial charge is 0.123 e. The van der Waals surface area contributed by atoms with E-state index in [4.69, 9.17) is 0 Å². The first-order valence-electron chi connectivity index (χ1n) is 7.18. The predicted molar refractivity (Wildman–Crippen MR) is 83.3 cm³/mol. The van der Waals surface area contributed by atoms with Crippen LogP contribution in [0.4, 0.5) is 4.39 Å². The zero-order chi connectivity index (χ0) is 14.5. The third-order valence-corrected chi connectivity index (χ3v) is 3.63. The lowest BCUT2D eigenvalue weighted by molar-refractivity contribution is 0.619. The molecular formula is C18H22FN. The van der Waals surface area contributed by atoms with Gasteiger partial charge in [0.2, 0.25) is 0 Å². The molecular weight excluding hydrogens is 249 g/mol. The van der Waals surface area contributed by atoms with E-state index in [1.165, 1.54) is 17.2 Å². The SMILES string of the molecule is CCCNCc1cc(F)ccc1-c1ccc(C)c(C)c1. The normalized spacial score (nSPS) is 10.8. The lowest BCUT2D eigenvalue weighted by Crippen LogP contribution is -2.14. The van der Waals surface area contributed by atoms with E-state index in [0.717, 1.165) is 29.7 Å². The van der Waals surface area contributed by atoms with Crippen LogP contribution in [0.25, 0.3) is 11.1 Å². The van der Waals surface area contributed by atoms with E-state index in [9.17, 15) is 4.39 Å². The minimum Gasteiger partial charge on any atom is -0.313 e. The average Bonchev–Trinajstić information content (AvgIpc) is 2.43. The van der Waals surface area contributed by atoms with Gasteiger partial charge in [0.25, 0.3) is 0 Å². The van der Waals surface area contributed by atoms with Gasteiger partial charge in [-0.3, -0.25) is 0 Å². The van der Waals surface area contributed by atoms with Gasteiger partial charge in [0.05, 0.1) is 0 Å². The molecule has 0 aliphatic carbocycles. The second-order valence-corrected chi connectivity index (χ2v) is 5.28. The average molecular weight is 271 g/mol. The molecule has 1 N–H and O–H groups in total. The van der Waals surface area contributed by atoms with Crippen molar-refractivity contribution < 1.29 is 4.39 Å². The van der Waals surface area contributed by atoms with Crippen LogP contribution in [0, 0.1) is 19.7 Å². The molecule has 0 radical (unpaired) electrons. The minimum atomic E-state index is -0.175. The van der Waals surface area contributed by atoms with Crippen molar-refractivity contribution in [1.29, 1.82) is 0 Å². The predicted octanol–water partition coefficient (Wildman–Crippen LogP) is 4.61. The minimum absolute atomic E-state index is 0.175. The fraction of sp³-hybridized carbons (Fsp3) is 0.333. The molecule has 1 nitrogen and oxygen atoms in total. The third-order valence-electron chi connectivity index (χ3n) is 3.63. The Bertz CT molecular complexity index is 590. The van der Waals surface area contributed by atoms with Gasteiger partial charge >= 0.3 is 0 Å². The first-order valence-corrected chi connectivity index (χ1v) is 7.18. The molecule has 2 rings (SSSR count). The van der Waals surface area contributed by atoms with E-state index < -0.39 is 0 Å². The van der Waals surface area contributed by atoms with E-state index in [2.05, 4.69) is 44.3 Å². The van der Waals surface area contributed by atoms with Crippen molar-refractivity contribution in [2.24, 2.45) is 0 Å². The summed E-state index contributed by atoms with van der Waals surface area (Å²) in [5.41, 5.74) is 5.82. The molecule has 106 valence electrons. The quantitative estimate of drug-likeness (QED) is 0.783. The molecule has 0 aromatic heterocycles. The fourth-order valence-electron chi connectivity index (χ4n) is 2.30. The molecule has 0 atom stereocenters. The van der Waals surface area contributed by atoms with Crippen molar-refractivity contribution in [2.75, 3.05) is 6.54 Å². The molecule has 2 aromatic rings.